The maximum absolute atomic E-state index is 11.0. The van der Waals surface area contributed by atoms with Gasteiger partial charge in [0.25, 0.3) is 9.05 Å². The molecule has 1 aromatic rings. The number of halogens is 1. The Kier molecular flexibility index (Phi) is 3.31. The van der Waals surface area contributed by atoms with Crippen molar-refractivity contribution in [3.63, 3.8) is 0 Å². The van der Waals surface area contributed by atoms with Gasteiger partial charge >= 0.3 is 0 Å². The number of hydrogen-bond acceptors (Lipinski definition) is 4. The summed E-state index contributed by atoms with van der Waals surface area (Å²) in [7, 11) is 1.26. The molecule has 0 aliphatic rings. The van der Waals surface area contributed by atoms with E-state index in [9.17, 15) is 13.2 Å². The van der Waals surface area contributed by atoms with Crippen LogP contribution < -0.4 is 5.32 Å². The van der Waals surface area contributed by atoms with Gasteiger partial charge < -0.3 is 5.32 Å². The van der Waals surface area contributed by atoms with Gasteiger partial charge in [-0.2, -0.15) is 0 Å². The van der Waals surface area contributed by atoms with E-state index in [0.29, 0.717) is 11.4 Å². The topological polar surface area (TPSA) is 76.1 Å². The third kappa shape index (κ3) is 3.49. The van der Waals surface area contributed by atoms with Crippen molar-refractivity contribution in [2.45, 2.75) is 18.9 Å². The third-order valence-electron chi connectivity index (χ3n) is 1.50. The molecule has 1 aromatic heterocycles. The van der Waals surface area contributed by atoms with Crippen molar-refractivity contribution in [2.24, 2.45) is 0 Å². The molecule has 0 spiro atoms. The molecule has 0 unspecified atom stereocenters. The molecule has 0 atom stereocenters. The summed E-state index contributed by atoms with van der Waals surface area (Å²) in [5.41, 5.74) is 0.815. The fraction of sp³-hybridized carbons (Fsp3) is 0.250. The minimum atomic E-state index is -3.87. The third-order valence-corrected chi connectivity index (χ3v) is 2.68. The number of aryl methyl sites for hydroxylation is 1. The van der Waals surface area contributed by atoms with Crippen LogP contribution in [0.4, 0.5) is 5.69 Å². The monoisotopic (exact) mass is 248 g/mol. The molecular formula is C8H9ClN2O3S. The summed E-state index contributed by atoms with van der Waals surface area (Å²) < 4.78 is 22.0. The van der Waals surface area contributed by atoms with E-state index in [4.69, 9.17) is 10.7 Å². The number of anilines is 1. The van der Waals surface area contributed by atoms with Gasteiger partial charge in [-0.15, -0.1) is 0 Å². The Bertz CT molecular complexity index is 499. The van der Waals surface area contributed by atoms with E-state index in [1.54, 1.807) is 13.0 Å². The SMILES string of the molecule is CC(=O)Nc1cc(C)nc(S(=O)(=O)Cl)c1. The molecule has 0 aliphatic heterocycles. The number of hydrogen-bond donors (Lipinski definition) is 1. The zero-order chi connectivity index (χ0) is 11.6. The second kappa shape index (κ2) is 4.16. The maximum atomic E-state index is 11.0. The quantitative estimate of drug-likeness (QED) is 0.800. The van der Waals surface area contributed by atoms with E-state index in [1.165, 1.54) is 13.0 Å². The first-order chi connectivity index (χ1) is 6.79. The molecule has 15 heavy (non-hydrogen) atoms. The fourth-order valence-electron chi connectivity index (χ4n) is 1.04. The molecule has 1 rings (SSSR count). The smallest absolute Gasteiger partial charge is 0.278 e. The van der Waals surface area contributed by atoms with Crippen molar-refractivity contribution in [2.75, 3.05) is 5.32 Å². The second-order valence-corrected chi connectivity index (χ2v) is 5.47. The molecule has 0 aliphatic carbocycles. The predicted octanol–water partition coefficient (Wildman–Crippen LogP) is 1.28. The van der Waals surface area contributed by atoms with Crippen LogP contribution >= 0.6 is 10.7 Å². The van der Waals surface area contributed by atoms with Crippen molar-refractivity contribution in [1.29, 1.82) is 0 Å². The van der Waals surface area contributed by atoms with Crippen LogP contribution in [-0.4, -0.2) is 19.3 Å². The molecule has 0 fully saturated rings. The molecule has 1 heterocycles. The minimum Gasteiger partial charge on any atom is -0.326 e. The summed E-state index contributed by atoms with van der Waals surface area (Å²) >= 11 is 0. The average molecular weight is 249 g/mol. The molecule has 5 nitrogen and oxygen atoms in total. The van der Waals surface area contributed by atoms with Crippen LogP contribution in [0.15, 0.2) is 17.2 Å². The van der Waals surface area contributed by atoms with Gasteiger partial charge in [-0.05, 0) is 13.0 Å². The molecule has 0 bridgehead atoms. The zero-order valence-corrected chi connectivity index (χ0v) is 9.69. The number of rotatable bonds is 2. The van der Waals surface area contributed by atoms with Crippen LogP contribution in [0.3, 0.4) is 0 Å². The Morgan fingerprint density at radius 3 is 2.53 bits per heavy atom. The van der Waals surface area contributed by atoms with Crippen LogP contribution in [-0.2, 0) is 13.8 Å². The number of nitrogens with zero attached hydrogens (tertiary/aromatic N) is 1. The lowest BCUT2D eigenvalue weighted by atomic mass is 10.3. The number of aromatic nitrogens is 1. The van der Waals surface area contributed by atoms with E-state index in [0.717, 1.165) is 0 Å². The summed E-state index contributed by atoms with van der Waals surface area (Å²) in [4.78, 5) is 14.5. The lowest BCUT2D eigenvalue weighted by Gasteiger charge is -2.04. The molecular weight excluding hydrogens is 240 g/mol. The number of amides is 1. The van der Waals surface area contributed by atoms with Crippen LogP contribution in [0.5, 0.6) is 0 Å². The molecule has 1 amide bonds. The summed E-state index contributed by atoms with van der Waals surface area (Å²) in [5.74, 6) is -0.293. The van der Waals surface area contributed by atoms with Gasteiger partial charge in [-0.25, -0.2) is 13.4 Å². The highest BCUT2D eigenvalue weighted by molar-refractivity contribution is 8.13. The van der Waals surface area contributed by atoms with Crippen LogP contribution in [0, 0.1) is 6.92 Å². The highest BCUT2D eigenvalue weighted by atomic mass is 35.7. The molecule has 82 valence electrons. The van der Waals surface area contributed by atoms with E-state index in [-0.39, 0.29) is 10.9 Å². The minimum absolute atomic E-state index is 0.270. The Morgan fingerprint density at radius 1 is 1.47 bits per heavy atom. The molecule has 0 saturated carbocycles. The van der Waals surface area contributed by atoms with Gasteiger partial charge in [-0.3, -0.25) is 4.79 Å². The first-order valence-corrected chi connectivity index (χ1v) is 6.31. The molecule has 0 saturated heterocycles. The summed E-state index contributed by atoms with van der Waals surface area (Å²) in [6.07, 6.45) is 0. The van der Waals surface area contributed by atoms with Crippen molar-refractivity contribution >= 4 is 31.3 Å². The zero-order valence-electron chi connectivity index (χ0n) is 8.11. The van der Waals surface area contributed by atoms with Gasteiger partial charge in [0.15, 0.2) is 5.03 Å². The Labute approximate surface area is 91.9 Å². The fourth-order valence-corrected chi connectivity index (χ4v) is 1.80. The number of carbonyl (C=O) groups is 1. The maximum Gasteiger partial charge on any atom is 0.278 e. The van der Waals surface area contributed by atoms with Crippen molar-refractivity contribution in [3.8, 4) is 0 Å². The molecule has 0 radical (unpaired) electrons. The molecule has 1 N–H and O–H groups in total. The Morgan fingerprint density at radius 2 is 2.07 bits per heavy atom. The lowest BCUT2D eigenvalue weighted by Crippen LogP contribution is -2.07. The highest BCUT2D eigenvalue weighted by Gasteiger charge is 2.13. The normalized spacial score (nSPS) is 11.1. The average Bonchev–Trinajstić information content (AvgIpc) is 1.99. The molecule has 0 aromatic carbocycles. The Balaban J connectivity index is 3.23. The van der Waals surface area contributed by atoms with Gasteiger partial charge in [0, 0.05) is 35.1 Å². The van der Waals surface area contributed by atoms with E-state index < -0.39 is 9.05 Å². The number of nitrogens with one attached hydrogen (secondary N) is 1. The number of pyridine rings is 1. The van der Waals surface area contributed by atoms with Crippen molar-refractivity contribution < 1.29 is 13.2 Å². The van der Waals surface area contributed by atoms with E-state index >= 15 is 0 Å². The lowest BCUT2D eigenvalue weighted by molar-refractivity contribution is -0.114. The first-order valence-electron chi connectivity index (χ1n) is 4.00. The summed E-state index contributed by atoms with van der Waals surface area (Å²) in [5, 5.41) is 2.19. The van der Waals surface area contributed by atoms with Gasteiger partial charge in [-0.1, -0.05) is 0 Å². The second-order valence-electron chi connectivity index (χ2n) is 2.95. The van der Waals surface area contributed by atoms with Gasteiger partial charge in [0.2, 0.25) is 5.91 Å². The first kappa shape index (κ1) is 11.9. The molecule has 7 heteroatoms. The highest BCUT2D eigenvalue weighted by Crippen LogP contribution is 2.18. The van der Waals surface area contributed by atoms with Crippen LogP contribution in [0.2, 0.25) is 0 Å². The predicted molar refractivity (Wildman–Crippen MR) is 56.3 cm³/mol. The van der Waals surface area contributed by atoms with Crippen LogP contribution in [0.25, 0.3) is 0 Å². The standard InChI is InChI=1S/C8H9ClN2O3S/c1-5-3-7(11-6(2)12)4-8(10-5)15(9,13)14/h3-4H,1-2H3,(H,10,11,12). The van der Waals surface area contributed by atoms with Gasteiger partial charge in [0.1, 0.15) is 0 Å². The van der Waals surface area contributed by atoms with Gasteiger partial charge in [0.05, 0.1) is 0 Å². The van der Waals surface area contributed by atoms with Crippen molar-refractivity contribution in [3.05, 3.63) is 17.8 Å². The van der Waals surface area contributed by atoms with Crippen LogP contribution in [0.1, 0.15) is 12.6 Å². The largest absolute Gasteiger partial charge is 0.326 e. The Hall–Kier alpha value is -1.14. The summed E-state index contributed by atoms with van der Waals surface area (Å²) in [6.45, 7) is 2.93. The van der Waals surface area contributed by atoms with E-state index in [1.807, 2.05) is 0 Å². The number of carbonyl (C=O) groups excluding carboxylic acids is 1. The van der Waals surface area contributed by atoms with Crippen molar-refractivity contribution in [1.82, 2.24) is 4.98 Å². The van der Waals surface area contributed by atoms with E-state index in [2.05, 4.69) is 10.3 Å². The summed E-state index contributed by atoms with van der Waals surface area (Å²) in [6, 6.07) is 2.75.